The second-order valence-corrected chi connectivity index (χ2v) is 5.18. The summed E-state index contributed by atoms with van der Waals surface area (Å²) < 4.78 is 11.4. The Hall–Kier alpha value is -0.970. The average Bonchev–Trinajstić information content (AvgIpc) is 2.80. The highest BCUT2D eigenvalue weighted by atomic mass is 35.5. The van der Waals surface area contributed by atoms with Crippen molar-refractivity contribution in [2.45, 2.75) is 18.6 Å². The van der Waals surface area contributed by atoms with Gasteiger partial charge in [-0.1, -0.05) is 17.7 Å². The molecule has 2 fully saturated rings. The van der Waals surface area contributed by atoms with Gasteiger partial charge in [0.05, 0.1) is 29.6 Å². The number of hydrogen-bond donors (Lipinski definition) is 1. The van der Waals surface area contributed by atoms with Gasteiger partial charge in [0.15, 0.2) is 5.79 Å². The first kappa shape index (κ1) is 12.1. The van der Waals surface area contributed by atoms with Crippen LogP contribution in [0.1, 0.15) is 12.8 Å². The number of nitrogens with two attached hydrogens (primary N) is 1. The third-order valence-electron chi connectivity index (χ3n) is 3.67. The fourth-order valence-electron chi connectivity index (χ4n) is 2.72. The summed E-state index contributed by atoms with van der Waals surface area (Å²) >= 11 is 6.23. The zero-order valence-electron chi connectivity index (χ0n) is 10.2. The van der Waals surface area contributed by atoms with Gasteiger partial charge in [-0.2, -0.15) is 0 Å². The average molecular weight is 269 g/mol. The molecule has 98 valence electrons. The van der Waals surface area contributed by atoms with Gasteiger partial charge < -0.3 is 20.1 Å². The number of nitrogens with zero attached hydrogens (tertiary/aromatic N) is 1. The second kappa shape index (κ2) is 4.61. The van der Waals surface area contributed by atoms with Crippen LogP contribution in [0.5, 0.6) is 0 Å². The zero-order chi connectivity index (χ0) is 12.6. The molecule has 0 aromatic heterocycles. The summed E-state index contributed by atoms with van der Waals surface area (Å²) in [6, 6.07) is 5.63. The minimum absolute atomic E-state index is 0.355. The van der Waals surface area contributed by atoms with E-state index < -0.39 is 0 Å². The number of halogens is 1. The van der Waals surface area contributed by atoms with Crippen molar-refractivity contribution in [1.82, 2.24) is 0 Å². The topological polar surface area (TPSA) is 47.7 Å². The van der Waals surface area contributed by atoms with Crippen molar-refractivity contribution in [3.8, 4) is 0 Å². The molecule has 0 amide bonds. The van der Waals surface area contributed by atoms with E-state index in [2.05, 4.69) is 4.90 Å². The lowest BCUT2D eigenvalue weighted by Gasteiger charge is -2.39. The maximum Gasteiger partial charge on any atom is 0.171 e. The van der Waals surface area contributed by atoms with E-state index in [4.69, 9.17) is 26.8 Å². The molecule has 2 N–H and O–H groups in total. The molecule has 3 rings (SSSR count). The van der Waals surface area contributed by atoms with Crippen LogP contribution < -0.4 is 10.6 Å². The third-order valence-corrected chi connectivity index (χ3v) is 3.98. The molecular formula is C13H17ClN2O2. The largest absolute Gasteiger partial charge is 0.397 e. The normalized spacial score (nSPS) is 22.6. The molecule has 18 heavy (non-hydrogen) atoms. The van der Waals surface area contributed by atoms with Crippen LogP contribution in [0.2, 0.25) is 5.02 Å². The Bertz CT molecular complexity index is 416. The number of hydrogen-bond acceptors (Lipinski definition) is 4. The second-order valence-electron chi connectivity index (χ2n) is 4.77. The lowest BCUT2D eigenvalue weighted by atomic mass is 10.0. The van der Waals surface area contributed by atoms with Crippen LogP contribution in [0.25, 0.3) is 0 Å². The summed E-state index contributed by atoms with van der Waals surface area (Å²) in [5, 5.41) is 0.708. The van der Waals surface area contributed by atoms with E-state index in [1.807, 2.05) is 18.2 Å². The van der Waals surface area contributed by atoms with Crippen LogP contribution in [0, 0.1) is 0 Å². The summed E-state index contributed by atoms with van der Waals surface area (Å²) in [5.74, 6) is -0.355. The maximum absolute atomic E-state index is 6.23. The Balaban J connectivity index is 1.76. The monoisotopic (exact) mass is 268 g/mol. The lowest BCUT2D eigenvalue weighted by Crippen LogP contribution is -2.45. The summed E-state index contributed by atoms with van der Waals surface area (Å²) in [5.41, 5.74) is 7.67. The minimum atomic E-state index is -0.355. The van der Waals surface area contributed by atoms with Crippen LogP contribution in [-0.4, -0.2) is 32.1 Å². The van der Waals surface area contributed by atoms with Crippen LogP contribution in [0.15, 0.2) is 18.2 Å². The number of nitrogen functional groups attached to an aromatic ring is 1. The van der Waals surface area contributed by atoms with Crippen molar-refractivity contribution in [1.29, 1.82) is 0 Å². The van der Waals surface area contributed by atoms with Gasteiger partial charge >= 0.3 is 0 Å². The minimum Gasteiger partial charge on any atom is -0.397 e. The van der Waals surface area contributed by atoms with Crippen LogP contribution in [0.3, 0.4) is 0 Å². The molecule has 0 aliphatic carbocycles. The highest BCUT2D eigenvalue weighted by Gasteiger charge is 2.40. The smallest absolute Gasteiger partial charge is 0.171 e. The highest BCUT2D eigenvalue weighted by molar-refractivity contribution is 6.34. The van der Waals surface area contributed by atoms with E-state index >= 15 is 0 Å². The molecule has 1 aromatic carbocycles. The zero-order valence-corrected chi connectivity index (χ0v) is 10.9. The van der Waals surface area contributed by atoms with E-state index in [-0.39, 0.29) is 5.79 Å². The predicted octanol–water partition coefficient (Wildman–Crippen LogP) is 2.27. The molecule has 0 saturated carbocycles. The molecule has 2 aliphatic rings. The molecule has 1 aromatic rings. The van der Waals surface area contributed by atoms with Crippen LogP contribution >= 0.6 is 11.6 Å². The fourth-order valence-corrected chi connectivity index (χ4v) is 3.02. The van der Waals surface area contributed by atoms with Crippen molar-refractivity contribution >= 4 is 23.0 Å². The van der Waals surface area contributed by atoms with Gasteiger partial charge in [0, 0.05) is 25.9 Å². The Kier molecular flexibility index (Phi) is 3.09. The summed E-state index contributed by atoms with van der Waals surface area (Å²) in [6.07, 6.45) is 1.72. The van der Waals surface area contributed by atoms with E-state index in [9.17, 15) is 0 Å². The molecule has 2 aliphatic heterocycles. The molecule has 5 heteroatoms. The van der Waals surface area contributed by atoms with E-state index in [1.165, 1.54) is 0 Å². The molecule has 0 bridgehead atoms. The SMILES string of the molecule is Nc1cccc(Cl)c1N1CCC2(CC1)OCCO2. The molecule has 0 unspecified atom stereocenters. The van der Waals surface area contributed by atoms with Gasteiger partial charge in [-0.15, -0.1) is 0 Å². The van der Waals surface area contributed by atoms with E-state index in [0.29, 0.717) is 18.2 Å². The number of anilines is 2. The number of rotatable bonds is 1. The van der Waals surface area contributed by atoms with Crippen molar-refractivity contribution in [2.75, 3.05) is 36.9 Å². The van der Waals surface area contributed by atoms with Gasteiger partial charge in [0.25, 0.3) is 0 Å². The number of benzene rings is 1. The molecule has 2 heterocycles. The lowest BCUT2D eigenvalue weighted by molar-refractivity contribution is -0.169. The summed E-state index contributed by atoms with van der Waals surface area (Å²) in [7, 11) is 0. The first-order chi connectivity index (χ1) is 8.70. The molecule has 0 atom stereocenters. The van der Waals surface area contributed by atoms with Crippen molar-refractivity contribution < 1.29 is 9.47 Å². The maximum atomic E-state index is 6.23. The Morgan fingerprint density at radius 2 is 1.83 bits per heavy atom. The molecule has 0 radical (unpaired) electrons. The van der Waals surface area contributed by atoms with Gasteiger partial charge in [-0.05, 0) is 12.1 Å². The highest BCUT2D eigenvalue weighted by Crippen LogP contribution is 2.38. The van der Waals surface area contributed by atoms with Crippen molar-refractivity contribution in [3.63, 3.8) is 0 Å². The van der Waals surface area contributed by atoms with E-state index in [0.717, 1.165) is 37.3 Å². The van der Waals surface area contributed by atoms with Gasteiger partial charge in [0.2, 0.25) is 0 Å². The predicted molar refractivity (Wildman–Crippen MR) is 71.9 cm³/mol. The van der Waals surface area contributed by atoms with Crippen molar-refractivity contribution in [2.24, 2.45) is 0 Å². The van der Waals surface area contributed by atoms with Crippen molar-refractivity contribution in [3.05, 3.63) is 23.2 Å². The number of ether oxygens (including phenoxy) is 2. The molecule has 1 spiro atoms. The molecular weight excluding hydrogens is 252 g/mol. The summed E-state index contributed by atoms with van der Waals surface area (Å²) in [4.78, 5) is 2.22. The standard InChI is InChI=1S/C13H17ClN2O2/c14-10-2-1-3-11(15)12(10)16-6-4-13(5-7-16)17-8-9-18-13/h1-3H,4-9,15H2. The quantitative estimate of drug-likeness (QED) is 0.794. The first-order valence-electron chi connectivity index (χ1n) is 6.27. The van der Waals surface area contributed by atoms with Gasteiger partial charge in [-0.3, -0.25) is 0 Å². The Labute approximate surface area is 112 Å². The number of para-hydroxylation sites is 1. The van der Waals surface area contributed by atoms with Crippen LogP contribution in [0.4, 0.5) is 11.4 Å². The first-order valence-corrected chi connectivity index (χ1v) is 6.65. The number of piperidine rings is 1. The Morgan fingerprint density at radius 1 is 1.17 bits per heavy atom. The van der Waals surface area contributed by atoms with Gasteiger partial charge in [-0.25, -0.2) is 0 Å². The Morgan fingerprint density at radius 3 is 2.44 bits per heavy atom. The molecule has 4 nitrogen and oxygen atoms in total. The molecule has 2 saturated heterocycles. The van der Waals surface area contributed by atoms with E-state index in [1.54, 1.807) is 0 Å². The fraction of sp³-hybridized carbons (Fsp3) is 0.538. The summed E-state index contributed by atoms with van der Waals surface area (Å²) in [6.45, 7) is 3.12. The van der Waals surface area contributed by atoms with Gasteiger partial charge in [0.1, 0.15) is 0 Å². The third kappa shape index (κ3) is 2.05. The van der Waals surface area contributed by atoms with Crippen LogP contribution in [-0.2, 0) is 9.47 Å².